The van der Waals surface area contributed by atoms with Gasteiger partial charge in [0.05, 0.1) is 0 Å². The summed E-state index contributed by atoms with van der Waals surface area (Å²) in [6.45, 7) is 13.1. The highest BCUT2D eigenvalue weighted by Crippen LogP contribution is 2.38. The molecular weight excluding hydrogens is 330 g/mol. The van der Waals surface area contributed by atoms with Gasteiger partial charge in [0, 0.05) is 23.8 Å². The van der Waals surface area contributed by atoms with Crippen molar-refractivity contribution in [3.05, 3.63) is 83.5 Å². The van der Waals surface area contributed by atoms with E-state index in [1.807, 2.05) is 18.2 Å². The number of hydrogen-bond acceptors (Lipinski definition) is 2. The molecule has 1 aliphatic carbocycles. The van der Waals surface area contributed by atoms with E-state index < -0.39 is 0 Å². The average molecular weight is 362 g/mol. The quantitative estimate of drug-likeness (QED) is 0.571. The van der Waals surface area contributed by atoms with Crippen LogP contribution in [0.3, 0.4) is 0 Å². The first kappa shape index (κ1) is 19.4. The molecule has 142 valence electrons. The number of anilines is 1. The van der Waals surface area contributed by atoms with Crippen molar-refractivity contribution in [3.63, 3.8) is 0 Å². The summed E-state index contributed by atoms with van der Waals surface area (Å²) in [6, 6.07) is 4.38. The van der Waals surface area contributed by atoms with E-state index in [4.69, 9.17) is 4.74 Å². The van der Waals surface area contributed by atoms with Gasteiger partial charge >= 0.3 is 0 Å². The number of allylic oxidation sites excluding steroid dienone is 7. The molecule has 1 aliphatic heterocycles. The number of aryl methyl sites for hydroxylation is 1. The molecule has 0 bridgehead atoms. The first-order valence-corrected chi connectivity index (χ1v) is 9.96. The van der Waals surface area contributed by atoms with Crippen molar-refractivity contribution in [1.82, 2.24) is 0 Å². The molecule has 3 rings (SSSR count). The van der Waals surface area contributed by atoms with Crippen LogP contribution in [-0.4, -0.2) is 12.8 Å². The molecule has 0 spiro atoms. The maximum atomic E-state index is 5.89. The summed E-state index contributed by atoms with van der Waals surface area (Å²) >= 11 is 0. The average Bonchev–Trinajstić information content (AvgIpc) is 2.69. The number of nitrogens with one attached hydrogen (secondary N) is 1. The zero-order valence-corrected chi connectivity index (χ0v) is 16.6. The number of ether oxygens (including phenoxy) is 1. The molecule has 0 amide bonds. The Bertz CT molecular complexity index is 791. The second-order valence-corrected chi connectivity index (χ2v) is 7.41. The summed E-state index contributed by atoms with van der Waals surface area (Å²) in [5, 5.41) is 3.60. The van der Waals surface area contributed by atoms with Crippen molar-refractivity contribution in [2.75, 3.05) is 11.9 Å². The van der Waals surface area contributed by atoms with Gasteiger partial charge in [-0.1, -0.05) is 55.7 Å². The molecule has 2 nitrogen and oxygen atoms in total. The number of benzene rings is 1. The summed E-state index contributed by atoms with van der Waals surface area (Å²) in [7, 11) is 0. The van der Waals surface area contributed by atoms with E-state index >= 15 is 0 Å². The predicted octanol–water partition coefficient (Wildman–Crippen LogP) is 6.68. The molecule has 0 saturated carbocycles. The highest BCUT2D eigenvalue weighted by molar-refractivity contribution is 5.72. The first-order chi connectivity index (χ1) is 13.1. The summed E-state index contributed by atoms with van der Waals surface area (Å²) in [4.78, 5) is 0. The van der Waals surface area contributed by atoms with E-state index in [-0.39, 0.29) is 6.23 Å². The molecule has 1 fully saturated rings. The lowest BCUT2D eigenvalue weighted by atomic mass is 9.81. The third-order valence-electron chi connectivity index (χ3n) is 5.50. The highest BCUT2D eigenvalue weighted by atomic mass is 16.5. The van der Waals surface area contributed by atoms with Crippen molar-refractivity contribution in [2.45, 2.75) is 51.7 Å². The first-order valence-electron chi connectivity index (χ1n) is 9.96. The maximum Gasteiger partial charge on any atom is 0.127 e. The zero-order valence-electron chi connectivity index (χ0n) is 16.6. The fourth-order valence-corrected chi connectivity index (χ4v) is 4.01. The summed E-state index contributed by atoms with van der Waals surface area (Å²) < 4.78 is 5.89. The van der Waals surface area contributed by atoms with Crippen LogP contribution in [0.1, 0.15) is 55.2 Å². The minimum absolute atomic E-state index is 0.100. The van der Waals surface area contributed by atoms with Crippen molar-refractivity contribution in [1.29, 1.82) is 0 Å². The molecule has 27 heavy (non-hydrogen) atoms. The van der Waals surface area contributed by atoms with Gasteiger partial charge in [-0.25, -0.2) is 0 Å². The summed E-state index contributed by atoms with van der Waals surface area (Å²) in [6.07, 6.45) is 17.2. The molecule has 2 unspecified atom stereocenters. The highest BCUT2D eigenvalue weighted by Gasteiger charge is 2.21. The number of hydrogen-bond donors (Lipinski definition) is 1. The van der Waals surface area contributed by atoms with Crippen LogP contribution in [0.2, 0.25) is 0 Å². The van der Waals surface area contributed by atoms with Gasteiger partial charge < -0.3 is 10.1 Å². The van der Waals surface area contributed by atoms with Crippen molar-refractivity contribution in [3.8, 4) is 0 Å². The van der Waals surface area contributed by atoms with Gasteiger partial charge in [0.1, 0.15) is 6.23 Å². The molecule has 2 atom stereocenters. The van der Waals surface area contributed by atoms with Gasteiger partial charge in [-0.15, -0.1) is 0 Å². The Balaban J connectivity index is 1.95. The van der Waals surface area contributed by atoms with Gasteiger partial charge in [-0.2, -0.15) is 0 Å². The second-order valence-electron chi connectivity index (χ2n) is 7.41. The Morgan fingerprint density at radius 3 is 2.74 bits per heavy atom. The molecule has 2 heteroatoms. The Morgan fingerprint density at radius 2 is 2.04 bits per heavy atom. The van der Waals surface area contributed by atoms with Gasteiger partial charge in [-0.05, 0) is 67.9 Å². The fourth-order valence-electron chi connectivity index (χ4n) is 4.01. The van der Waals surface area contributed by atoms with Crippen molar-refractivity contribution in [2.24, 2.45) is 0 Å². The van der Waals surface area contributed by atoms with Crippen molar-refractivity contribution < 1.29 is 4.74 Å². The van der Waals surface area contributed by atoms with E-state index in [0.29, 0.717) is 5.92 Å². The van der Waals surface area contributed by atoms with E-state index in [1.54, 1.807) is 0 Å². The van der Waals surface area contributed by atoms with E-state index in [2.05, 4.69) is 62.7 Å². The Kier molecular flexibility index (Phi) is 6.52. The van der Waals surface area contributed by atoms with E-state index in [0.717, 1.165) is 31.6 Å². The van der Waals surface area contributed by atoms with Gasteiger partial charge in [0.25, 0.3) is 0 Å². The Morgan fingerprint density at radius 1 is 1.19 bits per heavy atom. The molecule has 2 aliphatic rings. The molecule has 1 aromatic rings. The van der Waals surface area contributed by atoms with Crippen LogP contribution in [0.25, 0.3) is 6.08 Å². The normalized spacial score (nSPS) is 22.9. The number of rotatable bonds is 6. The van der Waals surface area contributed by atoms with Gasteiger partial charge in [0.2, 0.25) is 0 Å². The van der Waals surface area contributed by atoms with Crippen LogP contribution < -0.4 is 5.32 Å². The second kappa shape index (κ2) is 9.05. The maximum absolute atomic E-state index is 5.89. The molecule has 1 saturated heterocycles. The smallest absolute Gasteiger partial charge is 0.127 e. The largest absolute Gasteiger partial charge is 0.360 e. The molecule has 1 aromatic carbocycles. The lowest BCUT2D eigenvalue weighted by Gasteiger charge is -2.28. The zero-order chi connectivity index (χ0) is 19.2. The fraction of sp³-hybridized carbons (Fsp3) is 0.360. The van der Waals surface area contributed by atoms with Gasteiger partial charge in [0.15, 0.2) is 0 Å². The lowest BCUT2D eigenvalue weighted by molar-refractivity contribution is 0.0343. The Labute approximate surface area is 164 Å². The molecule has 1 N–H and O–H groups in total. The van der Waals surface area contributed by atoms with Crippen LogP contribution in [-0.2, 0) is 4.74 Å². The topological polar surface area (TPSA) is 21.3 Å². The van der Waals surface area contributed by atoms with E-state index in [1.165, 1.54) is 34.3 Å². The van der Waals surface area contributed by atoms with Crippen LogP contribution in [0.15, 0.2) is 66.8 Å². The van der Waals surface area contributed by atoms with Crippen LogP contribution in [0.5, 0.6) is 0 Å². The molecule has 0 radical (unpaired) electrons. The van der Waals surface area contributed by atoms with Gasteiger partial charge in [-0.3, -0.25) is 0 Å². The van der Waals surface area contributed by atoms with Crippen LogP contribution in [0, 0.1) is 6.92 Å². The van der Waals surface area contributed by atoms with Crippen LogP contribution >= 0.6 is 0 Å². The standard InChI is InChI=1S/C25H31NO/c1-5-7-10-20-17-21(14-12-18(20)3)25-19(4)13-15-23(22(25)6-2)26-24-11-8-9-16-27-24/h5-7,10,12-13,15,17,21,24,26H,1-2,8-9,11,14,16H2,3-4H3/b10-7-. The molecule has 1 heterocycles. The van der Waals surface area contributed by atoms with E-state index in [9.17, 15) is 0 Å². The third-order valence-corrected chi connectivity index (χ3v) is 5.50. The lowest BCUT2D eigenvalue weighted by Crippen LogP contribution is -2.27. The summed E-state index contributed by atoms with van der Waals surface area (Å²) in [5.41, 5.74) is 7.59. The van der Waals surface area contributed by atoms with Crippen molar-refractivity contribution >= 4 is 11.8 Å². The molecule has 0 aromatic heterocycles. The summed E-state index contributed by atoms with van der Waals surface area (Å²) in [5.74, 6) is 0.347. The van der Waals surface area contributed by atoms with Crippen LogP contribution in [0.4, 0.5) is 5.69 Å². The molecular formula is C25H31NO. The minimum atomic E-state index is 0.100. The monoisotopic (exact) mass is 361 g/mol. The predicted molar refractivity (Wildman–Crippen MR) is 117 cm³/mol. The third kappa shape index (κ3) is 4.51. The Hall–Kier alpha value is -2.32. The SMILES string of the molecule is C=C/C=C\C1=CC(c2c(C)ccc(NC3CCCCO3)c2C=C)CC=C1C. The minimum Gasteiger partial charge on any atom is -0.360 e.